The highest BCUT2D eigenvalue weighted by Gasteiger charge is 2.40. The molecule has 2 atom stereocenters. The second-order valence-corrected chi connectivity index (χ2v) is 6.36. The van der Waals surface area contributed by atoms with Gasteiger partial charge >= 0.3 is 0 Å². The third-order valence-corrected chi connectivity index (χ3v) is 4.82. The molecule has 3 rings (SSSR count). The summed E-state index contributed by atoms with van der Waals surface area (Å²) in [4.78, 5) is 14.9. The number of benzene rings is 1. The number of carbonyl (C=O) groups excluding carboxylic acids is 1. The zero-order chi connectivity index (χ0) is 14.8. The molecule has 1 amide bonds. The van der Waals surface area contributed by atoms with Crippen LogP contribution in [-0.4, -0.2) is 23.4 Å². The Kier molecular flexibility index (Phi) is 5.81. The third kappa shape index (κ3) is 3.79. The summed E-state index contributed by atoms with van der Waals surface area (Å²) in [6.45, 7) is 1.20. The second-order valence-electron chi connectivity index (χ2n) is 6.36. The summed E-state index contributed by atoms with van der Waals surface area (Å²) in [6, 6.07) is 6.84. The summed E-state index contributed by atoms with van der Waals surface area (Å²) in [5.74, 6) is 0.458. The number of halogens is 2. The zero-order valence-corrected chi connectivity index (χ0v) is 13.5. The molecule has 2 fully saturated rings. The molecular weight excluding hydrogens is 303 g/mol. The molecule has 2 N–H and O–H groups in total. The van der Waals surface area contributed by atoms with E-state index in [9.17, 15) is 9.18 Å². The fourth-order valence-corrected chi connectivity index (χ4v) is 3.42. The molecule has 0 bridgehead atoms. The SMILES string of the molecule is Cl.NC[C@H]1CCC[C@H]1C(=O)N(Cc1ccc(F)cc1)C1CC1. The number of rotatable bonds is 5. The average molecular weight is 327 g/mol. The van der Waals surface area contributed by atoms with Gasteiger partial charge in [-0.15, -0.1) is 12.4 Å². The first-order chi connectivity index (χ1) is 10.2. The number of amides is 1. The number of nitrogens with zero attached hydrogens (tertiary/aromatic N) is 1. The van der Waals surface area contributed by atoms with Gasteiger partial charge in [-0.2, -0.15) is 0 Å². The van der Waals surface area contributed by atoms with Crippen molar-refractivity contribution in [1.82, 2.24) is 4.90 Å². The van der Waals surface area contributed by atoms with E-state index in [1.54, 1.807) is 12.1 Å². The number of carbonyl (C=O) groups is 1. The van der Waals surface area contributed by atoms with E-state index in [1.165, 1.54) is 12.1 Å². The predicted molar refractivity (Wildman–Crippen MR) is 87.1 cm³/mol. The molecule has 0 radical (unpaired) electrons. The van der Waals surface area contributed by atoms with Crippen molar-refractivity contribution in [3.63, 3.8) is 0 Å². The lowest BCUT2D eigenvalue weighted by Crippen LogP contribution is -2.40. The van der Waals surface area contributed by atoms with Crippen molar-refractivity contribution in [3.05, 3.63) is 35.6 Å². The number of nitrogens with two attached hydrogens (primary N) is 1. The summed E-state index contributed by atoms with van der Waals surface area (Å²) < 4.78 is 13.0. The van der Waals surface area contributed by atoms with Crippen LogP contribution < -0.4 is 5.73 Å². The standard InChI is InChI=1S/C17H23FN2O.ClH/c18-14-6-4-12(5-7-14)11-20(15-8-9-15)17(21)16-3-1-2-13(16)10-19;/h4-7,13,15-16H,1-3,8-11,19H2;1H/t13-,16-;/m1./s1. The van der Waals surface area contributed by atoms with Crippen LogP contribution in [0.1, 0.15) is 37.7 Å². The van der Waals surface area contributed by atoms with E-state index in [0.29, 0.717) is 25.0 Å². The van der Waals surface area contributed by atoms with Gasteiger partial charge in [0.1, 0.15) is 5.82 Å². The van der Waals surface area contributed by atoms with Crippen LogP contribution in [0.15, 0.2) is 24.3 Å². The zero-order valence-electron chi connectivity index (χ0n) is 12.7. The molecule has 0 unspecified atom stereocenters. The first-order valence-electron chi connectivity index (χ1n) is 7.94. The molecule has 2 aliphatic carbocycles. The summed E-state index contributed by atoms with van der Waals surface area (Å²) in [6.07, 6.45) is 5.32. The van der Waals surface area contributed by atoms with Crippen LogP contribution in [0.4, 0.5) is 4.39 Å². The Morgan fingerprint density at radius 2 is 1.86 bits per heavy atom. The molecule has 5 heteroatoms. The number of hydrogen-bond acceptors (Lipinski definition) is 2. The summed E-state index contributed by atoms with van der Waals surface area (Å²) >= 11 is 0. The fourth-order valence-electron chi connectivity index (χ4n) is 3.42. The smallest absolute Gasteiger partial charge is 0.226 e. The Morgan fingerprint density at radius 1 is 1.18 bits per heavy atom. The summed E-state index contributed by atoms with van der Waals surface area (Å²) in [5.41, 5.74) is 6.81. The van der Waals surface area contributed by atoms with E-state index in [1.807, 2.05) is 4.90 Å². The molecule has 0 saturated heterocycles. The van der Waals surface area contributed by atoms with Crippen LogP contribution in [0.2, 0.25) is 0 Å². The largest absolute Gasteiger partial charge is 0.335 e. The van der Waals surface area contributed by atoms with E-state index < -0.39 is 0 Å². The first-order valence-corrected chi connectivity index (χ1v) is 7.94. The minimum atomic E-state index is -0.234. The highest BCUT2D eigenvalue weighted by atomic mass is 35.5. The van der Waals surface area contributed by atoms with Gasteiger partial charge in [0.2, 0.25) is 5.91 Å². The minimum Gasteiger partial charge on any atom is -0.335 e. The van der Waals surface area contributed by atoms with E-state index >= 15 is 0 Å². The lowest BCUT2D eigenvalue weighted by Gasteiger charge is -2.28. The van der Waals surface area contributed by atoms with Crippen LogP contribution in [0.5, 0.6) is 0 Å². The quantitative estimate of drug-likeness (QED) is 0.903. The Labute approximate surface area is 137 Å². The molecule has 1 aromatic carbocycles. The van der Waals surface area contributed by atoms with Gasteiger partial charge in [-0.3, -0.25) is 4.79 Å². The molecule has 0 heterocycles. The highest BCUT2D eigenvalue weighted by molar-refractivity contribution is 5.85. The van der Waals surface area contributed by atoms with Gasteiger partial charge in [-0.25, -0.2) is 4.39 Å². The molecule has 22 heavy (non-hydrogen) atoms. The maximum absolute atomic E-state index is 13.0. The van der Waals surface area contributed by atoms with E-state index in [0.717, 1.165) is 37.7 Å². The lowest BCUT2D eigenvalue weighted by molar-refractivity contribution is -0.137. The Hall–Kier alpha value is -1.13. The first kappa shape index (κ1) is 17.2. The third-order valence-electron chi connectivity index (χ3n) is 4.82. The van der Waals surface area contributed by atoms with Crippen molar-refractivity contribution in [3.8, 4) is 0 Å². The van der Waals surface area contributed by atoms with Crippen molar-refractivity contribution in [2.75, 3.05) is 6.54 Å². The van der Waals surface area contributed by atoms with Crippen LogP contribution in [0.25, 0.3) is 0 Å². The van der Waals surface area contributed by atoms with Crippen LogP contribution in [0, 0.1) is 17.7 Å². The van der Waals surface area contributed by atoms with Gasteiger partial charge < -0.3 is 10.6 Å². The molecule has 0 spiro atoms. The van der Waals surface area contributed by atoms with Gasteiger partial charge in [0.15, 0.2) is 0 Å². The minimum absolute atomic E-state index is 0. The monoisotopic (exact) mass is 326 g/mol. The molecule has 2 aliphatic rings. The Balaban J connectivity index is 0.00000176. The normalized spacial score (nSPS) is 23.9. The van der Waals surface area contributed by atoms with Crippen molar-refractivity contribution in [2.24, 2.45) is 17.6 Å². The Morgan fingerprint density at radius 3 is 2.45 bits per heavy atom. The molecule has 1 aromatic rings. The van der Waals surface area contributed by atoms with Crippen LogP contribution in [-0.2, 0) is 11.3 Å². The van der Waals surface area contributed by atoms with Gasteiger partial charge in [0.25, 0.3) is 0 Å². The van der Waals surface area contributed by atoms with Gasteiger partial charge in [-0.05, 0) is 55.8 Å². The van der Waals surface area contributed by atoms with E-state index in [2.05, 4.69) is 0 Å². The maximum Gasteiger partial charge on any atom is 0.226 e. The molecule has 2 saturated carbocycles. The van der Waals surface area contributed by atoms with Crippen molar-refractivity contribution in [2.45, 2.75) is 44.7 Å². The van der Waals surface area contributed by atoms with Gasteiger partial charge in [0, 0.05) is 18.5 Å². The van der Waals surface area contributed by atoms with Crippen molar-refractivity contribution >= 4 is 18.3 Å². The summed E-state index contributed by atoms with van der Waals surface area (Å²) in [5, 5.41) is 0. The highest BCUT2D eigenvalue weighted by Crippen LogP contribution is 2.36. The topological polar surface area (TPSA) is 46.3 Å². The number of hydrogen-bond donors (Lipinski definition) is 1. The Bertz CT molecular complexity index is 504. The van der Waals surface area contributed by atoms with Crippen molar-refractivity contribution in [1.29, 1.82) is 0 Å². The van der Waals surface area contributed by atoms with E-state index in [-0.39, 0.29) is 30.0 Å². The van der Waals surface area contributed by atoms with Crippen molar-refractivity contribution < 1.29 is 9.18 Å². The van der Waals surface area contributed by atoms with Crippen LogP contribution in [0.3, 0.4) is 0 Å². The molecule has 0 aliphatic heterocycles. The molecule has 3 nitrogen and oxygen atoms in total. The van der Waals surface area contributed by atoms with Gasteiger partial charge in [-0.1, -0.05) is 18.6 Å². The molecule has 0 aromatic heterocycles. The fraction of sp³-hybridized carbons (Fsp3) is 0.588. The van der Waals surface area contributed by atoms with Gasteiger partial charge in [0.05, 0.1) is 0 Å². The molecule has 122 valence electrons. The average Bonchev–Trinajstić information content (AvgIpc) is 3.22. The maximum atomic E-state index is 13.0. The predicted octanol–water partition coefficient (Wildman–Crippen LogP) is 3.11. The summed E-state index contributed by atoms with van der Waals surface area (Å²) in [7, 11) is 0. The second kappa shape index (κ2) is 7.42. The van der Waals surface area contributed by atoms with E-state index in [4.69, 9.17) is 5.73 Å². The van der Waals surface area contributed by atoms with Crippen LogP contribution >= 0.6 is 12.4 Å². The molecular formula is C17H24ClFN2O. The lowest BCUT2D eigenvalue weighted by atomic mass is 9.94.